The van der Waals surface area contributed by atoms with Crippen molar-refractivity contribution < 1.29 is 13.8 Å². The van der Waals surface area contributed by atoms with Crippen LogP contribution in [0.3, 0.4) is 0 Å². The molecule has 2 saturated heterocycles. The fourth-order valence-electron chi connectivity index (χ4n) is 4.17. The number of carbonyl (C=O) groups excluding carboxylic acids is 1. The van der Waals surface area contributed by atoms with E-state index in [1.165, 1.54) is 12.1 Å². The van der Waals surface area contributed by atoms with E-state index in [0.29, 0.717) is 42.1 Å². The van der Waals surface area contributed by atoms with Gasteiger partial charge in [0, 0.05) is 30.5 Å². The van der Waals surface area contributed by atoms with E-state index < -0.39 is 0 Å². The predicted molar refractivity (Wildman–Crippen MR) is 93.2 cm³/mol. The van der Waals surface area contributed by atoms with Crippen molar-refractivity contribution in [3.8, 4) is 11.4 Å². The van der Waals surface area contributed by atoms with Crippen LogP contribution in [-0.4, -0.2) is 54.4 Å². The molecule has 2 unspecified atom stereocenters. The average molecular weight is 383 g/mol. The molecule has 28 heavy (non-hydrogen) atoms. The molecule has 3 aliphatic rings. The summed E-state index contributed by atoms with van der Waals surface area (Å²) >= 11 is 0. The minimum absolute atomic E-state index is 0.0329. The molecule has 0 radical (unpaired) electrons. The summed E-state index contributed by atoms with van der Waals surface area (Å²) in [5.74, 6) is 0.812. The van der Waals surface area contributed by atoms with Gasteiger partial charge in [0.1, 0.15) is 17.2 Å². The Kier molecular flexibility index (Phi) is 3.92. The number of rotatable bonds is 4. The van der Waals surface area contributed by atoms with Crippen molar-refractivity contribution in [2.75, 3.05) is 13.1 Å². The molecule has 0 N–H and O–H groups in total. The second-order valence-corrected chi connectivity index (χ2v) is 7.46. The predicted octanol–water partition coefficient (Wildman–Crippen LogP) is 1.43. The number of tetrazole rings is 1. The first-order valence-electron chi connectivity index (χ1n) is 9.20. The van der Waals surface area contributed by atoms with Crippen LogP contribution in [0, 0.1) is 24.6 Å². The number of hydrogen-bond donors (Lipinski definition) is 0. The van der Waals surface area contributed by atoms with E-state index in [-0.39, 0.29) is 24.2 Å². The Hall–Kier alpha value is -3.17. The van der Waals surface area contributed by atoms with E-state index in [1.807, 2.05) is 4.90 Å². The van der Waals surface area contributed by atoms with Crippen LogP contribution in [-0.2, 0) is 11.2 Å². The molecule has 1 aliphatic carbocycles. The van der Waals surface area contributed by atoms with Gasteiger partial charge in [-0.2, -0.15) is 4.80 Å². The second-order valence-electron chi connectivity index (χ2n) is 7.46. The van der Waals surface area contributed by atoms with Gasteiger partial charge in [0.05, 0.1) is 12.5 Å². The molecule has 2 aromatic heterocycles. The highest BCUT2D eigenvalue weighted by Gasteiger charge is 2.50. The number of aryl methyl sites for hydroxylation is 1. The summed E-state index contributed by atoms with van der Waals surface area (Å²) in [6, 6.07) is 6.17. The molecular weight excluding hydrogens is 365 g/mol. The summed E-state index contributed by atoms with van der Waals surface area (Å²) in [6.45, 7) is 3.10. The Labute approximate surface area is 159 Å². The smallest absolute Gasteiger partial charge is 0.228 e. The van der Waals surface area contributed by atoms with Gasteiger partial charge in [0.2, 0.25) is 11.7 Å². The molecule has 0 spiro atoms. The highest BCUT2D eigenvalue weighted by Crippen LogP contribution is 2.48. The normalized spacial score (nSPS) is 23.5. The minimum Gasteiger partial charge on any atom is -0.342 e. The fraction of sp³-hybridized carbons (Fsp3) is 0.444. The van der Waals surface area contributed by atoms with Crippen molar-refractivity contribution in [2.24, 2.45) is 11.8 Å². The van der Waals surface area contributed by atoms with Crippen LogP contribution in [0.4, 0.5) is 4.39 Å². The zero-order chi connectivity index (χ0) is 19.3. The lowest BCUT2D eigenvalue weighted by molar-refractivity contribution is -0.141. The highest BCUT2D eigenvalue weighted by molar-refractivity contribution is 5.78. The van der Waals surface area contributed by atoms with Crippen LogP contribution >= 0.6 is 0 Å². The molecule has 10 heteroatoms. The van der Waals surface area contributed by atoms with Gasteiger partial charge in [0.15, 0.2) is 0 Å². The van der Waals surface area contributed by atoms with E-state index >= 15 is 0 Å². The Morgan fingerprint density at radius 2 is 1.96 bits per heavy atom. The zero-order valence-electron chi connectivity index (χ0n) is 15.2. The van der Waals surface area contributed by atoms with Gasteiger partial charge in [-0.3, -0.25) is 4.79 Å². The van der Waals surface area contributed by atoms with E-state index in [1.54, 1.807) is 23.9 Å². The summed E-state index contributed by atoms with van der Waals surface area (Å²) in [7, 11) is 0. The highest BCUT2D eigenvalue weighted by atomic mass is 19.1. The van der Waals surface area contributed by atoms with Crippen molar-refractivity contribution in [1.29, 1.82) is 0 Å². The third-order valence-electron chi connectivity index (χ3n) is 5.70. The second kappa shape index (κ2) is 6.47. The summed E-state index contributed by atoms with van der Waals surface area (Å²) in [6.07, 6.45) is 1.25. The largest absolute Gasteiger partial charge is 0.342 e. The van der Waals surface area contributed by atoms with Gasteiger partial charge >= 0.3 is 0 Å². The number of nitrogens with zero attached hydrogens (tertiary/aromatic N) is 7. The van der Waals surface area contributed by atoms with Crippen molar-refractivity contribution in [2.45, 2.75) is 25.8 Å². The van der Waals surface area contributed by atoms with Crippen LogP contribution < -0.4 is 0 Å². The number of carbonyl (C=O) groups is 1. The van der Waals surface area contributed by atoms with Crippen LogP contribution in [0.1, 0.15) is 23.9 Å². The lowest BCUT2D eigenvalue weighted by Gasteiger charge is -2.52. The van der Waals surface area contributed by atoms with Crippen molar-refractivity contribution >= 4 is 5.91 Å². The summed E-state index contributed by atoms with van der Waals surface area (Å²) in [5, 5.41) is 20.3. The van der Waals surface area contributed by atoms with Crippen molar-refractivity contribution in [1.82, 2.24) is 35.4 Å². The maximum Gasteiger partial charge on any atom is 0.228 e. The first-order chi connectivity index (χ1) is 13.6. The van der Waals surface area contributed by atoms with Crippen LogP contribution in [0.2, 0.25) is 0 Å². The molecule has 2 atom stereocenters. The molecular formula is C18H18FN7O2. The Balaban J connectivity index is 1.26. The molecule has 4 heterocycles. The summed E-state index contributed by atoms with van der Waals surface area (Å²) < 4.78 is 17.8. The monoisotopic (exact) mass is 383 g/mol. The SMILES string of the molecule is Cc1nonc1CC(=O)N1CC2CC(C1)C2n1nnc(-c2ccc(F)cc2)n1. The number of halogens is 1. The topological polar surface area (TPSA) is 103 Å². The molecule has 1 aromatic carbocycles. The molecule has 3 aromatic rings. The fourth-order valence-corrected chi connectivity index (χ4v) is 4.17. The van der Waals surface area contributed by atoms with Gasteiger partial charge in [0.25, 0.3) is 0 Å². The molecule has 1 saturated carbocycles. The Morgan fingerprint density at radius 1 is 1.21 bits per heavy atom. The quantitative estimate of drug-likeness (QED) is 0.671. The van der Waals surface area contributed by atoms with Crippen LogP contribution in [0.5, 0.6) is 0 Å². The third-order valence-corrected chi connectivity index (χ3v) is 5.70. The summed E-state index contributed by atoms with van der Waals surface area (Å²) in [5.41, 5.74) is 1.96. The average Bonchev–Trinajstić information content (AvgIpc) is 3.32. The van der Waals surface area contributed by atoms with Crippen molar-refractivity contribution in [3.05, 3.63) is 41.5 Å². The number of amides is 1. The van der Waals surface area contributed by atoms with E-state index in [9.17, 15) is 9.18 Å². The van der Waals surface area contributed by atoms with Gasteiger partial charge < -0.3 is 4.90 Å². The maximum absolute atomic E-state index is 13.1. The maximum atomic E-state index is 13.1. The molecule has 2 bridgehead atoms. The minimum atomic E-state index is -0.300. The Bertz CT molecular complexity index is 1000. The third kappa shape index (κ3) is 2.85. The zero-order valence-corrected chi connectivity index (χ0v) is 15.2. The van der Waals surface area contributed by atoms with E-state index in [4.69, 9.17) is 0 Å². The van der Waals surface area contributed by atoms with E-state index in [0.717, 1.165) is 12.0 Å². The van der Waals surface area contributed by atoms with Gasteiger partial charge in [-0.15, -0.1) is 10.2 Å². The molecule has 9 nitrogen and oxygen atoms in total. The molecule has 3 fully saturated rings. The van der Waals surface area contributed by atoms with Crippen LogP contribution in [0.15, 0.2) is 28.9 Å². The van der Waals surface area contributed by atoms with Crippen molar-refractivity contribution in [3.63, 3.8) is 0 Å². The molecule has 2 aliphatic heterocycles. The lowest BCUT2D eigenvalue weighted by atomic mass is 9.66. The lowest BCUT2D eigenvalue weighted by Crippen LogP contribution is -2.57. The first kappa shape index (κ1) is 17.0. The summed E-state index contributed by atoms with van der Waals surface area (Å²) in [4.78, 5) is 16.1. The Morgan fingerprint density at radius 3 is 2.64 bits per heavy atom. The number of piperidine rings is 2. The van der Waals surface area contributed by atoms with Gasteiger partial charge in [-0.25, -0.2) is 9.02 Å². The van der Waals surface area contributed by atoms with Crippen LogP contribution in [0.25, 0.3) is 11.4 Å². The molecule has 144 valence electrons. The molecule has 1 amide bonds. The van der Waals surface area contributed by atoms with Gasteiger partial charge in [-0.05, 0) is 42.8 Å². The molecule has 6 rings (SSSR count). The number of fused-ring (bicyclic) bond motifs is 2. The number of aromatic nitrogens is 6. The first-order valence-corrected chi connectivity index (χ1v) is 9.20. The standard InChI is InChI=1S/C18H18FN7O2/c1-10-15(23-28-22-10)7-16(27)25-8-12-6-13(9-25)17(12)26-21-18(20-24-26)11-2-4-14(19)5-3-11/h2-5,12-13,17H,6-9H2,1H3. The number of benzene rings is 1. The van der Waals surface area contributed by atoms with E-state index in [2.05, 4.69) is 30.4 Å². The van der Waals surface area contributed by atoms with Gasteiger partial charge in [-0.1, -0.05) is 10.3 Å². The number of hydrogen-bond acceptors (Lipinski definition) is 7.